The summed E-state index contributed by atoms with van der Waals surface area (Å²) in [6.45, 7) is 0.673. The van der Waals surface area contributed by atoms with Crippen molar-refractivity contribution in [2.75, 3.05) is 6.54 Å². The molecule has 0 radical (unpaired) electrons. The summed E-state index contributed by atoms with van der Waals surface area (Å²) in [4.78, 5) is 10.3. The Kier molecular flexibility index (Phi) is 3.31. The normalized spacial score (nSPS) is 10.1. The van der Waals surface area contributed by atoms with Crippen molar-refractivity contribution in [3.63, 3.8) is 0 Å². The molecule has 66 valence electrons. The van der Waals surface area contributed by atoms with E-state index in [1.165, 1.54) is 0 Å². The van der Waals surface area contributed by atoms with Crippen molar-refractivity contribution < 1.29 is 9.21 Å². The number of carbonyl (C=O) groups is 1. The molecule has 1 amide bonds. The second-order valence-corrected chi connectivity index (χ2v) is 3.06. The van der Waals surface area contributed by atoms with Gasteiger partial charge in [0.2, 0.25) is 5.91 Å². The predicted octanol–water partition coefficient (Wildman–Crippen LogP) is 0.617. The van der Waals surface area contributed by atoms with Crippen molar-refractivity contribution in [2.45, 2.75) is 6.54 Å². The number of nitrogens with two attached hydrogens (primary N) is 1. The minimum atomic E-state index is -0.374. The fourth-order valence-corrected chi connectivity index (χ4v) is 1.10. The Morgan fingerprint density at radius 2 is 2.42 bits per heavy atom. The van der Waals surface area contributed by atoms with E-state index in [2.05, 4.69) is 21.2 Å². The van der Waals surface area contributed by atoms with E-state index in [1.807, 2.05) is 6.07 Å². The summed E-state index contributed by atoms with van der Waals surface area (Å²) in [5.74, 6) is 0.392. The van der Waals surface area contributed by atoms with Crippen molar-refractivity contribution in [3.8, 4) is 0 Å². The summed E-state index contributed by atoms with van der Waals surface area (Å²) in [6.07, 6.45) is 0. The molecule has 0 fully saturated rings. The van der Waals surface area contributed by atoms with E-state index in [0.717, 1.165) is 5.76 Å². The Labute approximate surface area is 78.2 Å². The van der Waals surface area contributed by atoms with Crippen LogP contribution >= 0.6 is 15.9 Å². The van der Waals surface area contributed by atoms with Crippen LogP contribution in [0.15, 0.2) is 21.2 Å². The molecule has 0 aromatic carbocycles. The van der Waals surface area contributed by atoms with Crippen molar-refractivity contribution in [3.05, 3.63) is 22.6 Å². The number of carbonyl (C=O) groups excluding carboxylic acids is 1. The minimum Gasteiger partial charge on any atom is -0.453 e. The van der Waals surface area contributed by atoms with Crippen LogP contribution in [0.4, 0.5) is 0 Å². The van der Waals surface area contributed by atoms with Crippen molar-refractivity contribution >= 4 is 21.8 Å². The summed E-state index contributed by atoms with van der Waals surface area (Å²) < 4.78 is 5.85. The first-order valence-electron chi connectivity index (χ1n) is 3.41. The van der Waals surface area contributed by atoms with E-state index >= 15 is 0 Å². The molecule has 1 aromatic heterocycles. The highest BCUT2D eigenvalue weighted by molar-refractivity contribution is 9.10. The van der Waals surface area contributed by atoms with Crippen LogP contribution in [0, 0.1) is 0 Å². The SMILES string of the molecule is NC(=O)CNCc1ccc(Br)o1. The van der Waals surface area contributed by atoms with E-state index in [-0.39, 0.29) is 12.5 Å². The van der Waals surface area contributed by atoms with Gasteiger partial charge in [0.25, 0.3) is 0 Å². The van der Waals surface area contributed by atoms with E-state index in [1.54, 1.807) is 6.07 Å². The molecule has 1 heterocycles. The number of hydrogen-bond donors (Lipinski definition) is 2. The Hall–Kier alpha value is -0.810. The lowest BCUT2D eigenvalue weighted by Gasteiger charge is -1.97. The van der Waals surface area contributed by atoms with Gasteiger partial charge in [-0.2, -0.15) is 0 Å². The average molecular weight is 233 g/mol. The first kappa shape index (κ1) is 9.28. The summed E-state index contributed by atoms with van der Waals surface area (Å²) in [7, 11) is 0. The lowest BCUT2D eigenvalue weighted by molar-refractivity contribution is -0.117. The fourth-order valence-electron chi connectivity index (χ4n) is 0.756. The van der Waals surface area contributed by atoms with Crippen LogP contribution in [0.5, 0.6) is 0 Å². The molecule has 0 saturated heterocycles. The third-order valence-corrected chi connectivity index (χ3v) is 1.65. The monoisotopic (exact) mass is 232 g/mol. The fraction of sp³-hybridized carbons (Fsp3) is 0.286. The molecular weight excluding hydrogens is 224 g/mol. The van der Waals surface area contributed by atoms with Crippen LogP contribution in [0.2, 0.25) is 0 Å². The number of hydrogen-bond acceptors (Lipinski definition) is 3. The molecule has 12 heavy (non-hydrogen) atoms. The Balaban J connectivity index is 2.29. The molecule has 0 saturated carbocycles. The van der Waals surface area contributed by atoms with Gasteiger partial charge in [-0.15, -0.1) is 0 Å². The smallest absolute Gasteiger partial charge is 0.231 e. The largest absolute Gasteiger partial charge is 0.453 e. The van der Waals surface area contributed by atoms with Gasteiger partial charge in [-0.05, 0) is 28.1 Å². The topological polar surface area (TPSA) is 68.3 Å². The minimum absolute atomic E-state index is 0.165. The molecule has 5 heteroatoms. The van der Waals surface area contributed by atoms with Crippen molar-refractivity contribution in [2.24, 2.45) is 5.73 Å². The van der Waals surface area contributed by atoms with Crippen LogP contribution in [-0.4, -0.2) is 12.5 Å². The Morgan fingerprint density at radius 1 is 1.67 bits per heavy atom. The van der Waals surface area contributed by atoms with Crippen LogP contribution < -0.4 is 11.1 Å². The summed E-state index contributed by atoms with van der Waals surface area (Å²) in [5, 5.41) is 2.83. The third kappa shape index (κ3) is 3.06. The van der Waals surface area contributed by atoms with Gasteiger partial charge in [0.1, 0.15) is 5.76 Å². The summed E-state index contributed by atoms with van der Waals surface area (Å²) in [6, 6.07) is 3.61. The first-order valence-corrected chi connectivity index (χ1v) is 4.21. The van der Waals surface area contributed by atoms with Crippen LogP contribution in [-0.2, 0) is 11.3 Å². The van der Waals surface area contributed by atoms with Gasteiger partial charge in [0.15, 0.2) is 4.67 Å². The number of amides is 1. The lowest BCUT2D eigenvalue weighted by atomic mass is 10.4. The highest BCUT2D eigenvalue weighted by Gasteiger charge is 1.99. The van der Waals surface area contributed by atoms with Crippen LogP contribution in [0.25, 0.3) is 0 Å². The number of rotatable bonds is 4. The van der Waals surface area contributed by atoms with E-state index in [4.69, 9.17) is 10.2 Å². The second kappa shape index (κ2) is 4.27. The summed E-state index contributed by atoms with van der Waals surface area (Å²) >= 11 is 3.17. The van der Waals surface area contributed by atoms with Gasteiger partial charge >= 0.3 is 0 Å². The molecule has 4 nitrogen and oxygen atoms in total. The zero-order chi connectivity index (χ0) is 8.97. The Morgan fingerprint density at radius 3 is 2.92 bits per heavy atom. The zero-order valence-electron chi connectivity index (χ0n) is 6.34. The highest BCUT2D eigenvalue weighted by atomic mass is 79.9. The third-order valence-electron chi connectivity index (χ3n) is 1.23. The van der Waals surface area contributed by atoms with Crippen molar-refractivity contribution in [1.82, 2.24) is 5.32 Å². The zero-order valence-corrected chi connectivity index (χ0v) is 7.93. The first-order chi connectivity index (χ1) is 5.68. The molecule has 0 aliphatic heterocycles. The maximum absolute atomic E-state index is 10.3. The molecule has 3 N–H and O–H groups in total. The van der Waals surface area contributed by atoms with E-state index in [0.29, 0.717) is 11.2 Å². The van der Waals surface area contributed by atoms with Crippen LogP contribution in [0.3, 0.4) is 0 Å². The Bertz CT molecular complexity index is 272. The van der Waals surface area contributed by atoms with Crippen LogP contribution in [0.1, 0.15) is 5.76 Å². The average Bonchev–Trinajstić information content (AvgIpc) is 2.35. The number of nitrogens with one attached hydrogen (secondary N) is 1. The highest BCUT2D eigenvalue weighted by Crippen LogP contribution is 2.13. The van der Waals surface area contributed by atoms with E-state index < -0.39 is 0 Å². The van der Waals surface area contributed by atoms with Crippen molar-refractivity contribution in [1.29, 1.82) is 0 Å². The van der Waals surface area contributed by atoms with Gasteiger partial charge in [-0.3, -0.25) is 4.79 Å². The quantitative estimate of drug-likeness (QED) is 0.800. The van der Waals surface area contributed by atoms with Gasteiger partial charge < -0.3 is 15.5 Å². The molecule has 0 atom stereocenters. The maximum Gasteiger partial charge on any atom is 0.231 e. The van der Waals surface area contributed by atoms with Gasteiger partial charge in [0, 0.05) is 0 Å². The van der Waals surface area contributed by atoms with Gasteiger partial charge in [-0.1, -0.05) is 0 Å². The number of furan rings is 1. The number of primary amides is 1. The molecule has 0 spiro atoms. The molecule has 1 aromatic rings. The van der Waals surface area contributed by atoms with Gasteiger partial charge in [-0.25, -0.2) is 0 Å². The molecule has 0 bridgehead atoms. The number of halogens is 1. The maximum atomic E-state index is 10.3. The van der Waals surface area contributed by atoms with Gasteiger partial charge in [0.05, 0.1) is 13.1 Å². The summed E-state index contributed by atoms with van der Waals surface area (Å²) in [5.41, 5.74) is 4.92. The molecule has 0 aliphatic rings. The molecule has 0 aliphatic carbocycles. The molecule has 1 rings (SSSR count). The molecule has 0 unspecified atom stereocenters. The predicted molar refractivity (Wildman–Crippen MR) is 47.3 cm³/mol. The molecular formula is C7H9BrN2O2. The standard InChI is InChI=1S/C7H9BrN2O2/c8-6-2-1-5(12-6)3-10-4-7(9)11/h1-2,10H,3-4H2,(H2,9,11). The second-order valence-electron chi connectivity index (χ2n) is 2.28. The van der Waals surface area contributed by atoms with E-state index in [9.17, 15) is 4.79 Å². The lowest BCUT2D eigenvalue weighted by Crippen LogP contribution is -2.27.